The smallest absolute Gasteiger partial charge is 0.338 e. The molecule has 2 fully saturated rings. The summed E-state index contributed by atoms with van der Waals surface area (Å²) < 4.78 is 16.5. The second kappa shape index (κ2) is 10.7. The van der Waals surface area contributed by atoms with Gasteiger partial charge in [0.15, 0.2) is 40.7 Å². The van der Waals surface area contributed by atoms with Crippen LogP contribution in [0.4, 0.5) is 0 Å². The summed E-state index contributed by atoms with van der Waals surface area (Å²) in [6.07, 6.45) is -9.24. The lowest BCUT2D eigenvalue weighted by Crippen LogP contribution is -2.71. The molecule has 13 nitrogen and oxygen atoms in total. The molecular formula is C27H36O13. The van der Waals surface area contributed by atoms with Gasteiger partial charge in [-0.2, -0.15) is 0 Å². The quantitative estimate of drug-likeness (QED) is 0.105. The number of hydrogen-bond donors (Lipinski definition) is 7. The first kappa shape index (κ1) is 31.5. The number of aliphatic hydroxyl groups excluding tert-OH is 3. The third-order valence-corrected chi connectivity index (χ3v) is 7.27. The number of hydrogen-bond acceptors (Lipinski definition) is 13. The highest BCUT2D eigenvalue weighted by Crippen LogP contribution is 2.48. The zero-order valence-electron chi connectivity index (χ0n) is 23.0. The molecule has 0 unspecified atom stereocenters. The van der Waals surface area contributed by atoms with E-state index in [-0.39, 0.29) is 5.56 Å². The third-order valence-electron chi connectivity index (χ3n) is 7.27. The van der Waals surface area contributed by atoms with Gasteiger partial charge in [0.25, 0.3) is 0 Å². The van der Waals surface area contributed by atoms with Crippen LogP contribution in [0.5, 0.6) is 17.2 Å². The number of aliphatic hydroxyl groups is 4. The number of phenolic OH excluding ortho intramolecular Hbond substituents is 3. The number of rotatable bonds is 6. The van der Waals surface area contributed by atoms with E-state index in [1.54, 1.807) is 13.8 Å². The van der Waals surface area contributed by atoms with Crippen LogP contribution in [-0.4, -0.2) is 102 Å². The summed E-state index contributed by atoms with van der Waals surface area (Å²) >= 11 is 0. The van der Waals surface area contributed by atoms with Gasteiger partial charge >= 0.3 is 5.97 Å². The SMILES string of the molecule is CC(C)=C[C@@]1(O)C(=O)C(C)(C)C(=O)C(C)(C)[C@H]1O[C@H]1O[C@H](COC(=O)c2cc(O)c(O)c(O)c2)[C@@H](O)[C@H](O)[C@H]1O. The Hall–Kier alpha value is -3.07. The topological polar surface area (TPSA) is 221 Å². The molecule has 1 aliphatic carbocycles. The molecule has 13 heteroatoms. The maximum absolute atomic E-state index is 13.4. The number of benzene rings is 1. The van der Waals surface area contributed by atoms with Crippen LogP contribution in [0, 0.1) is 10.8 Å². The summed E-state index contributed by atoms with van der Waals surface area (Å²) in [6, 6.07) is 1.65. The van der Waals surface area contributed by atoms with Crippen molar-refractivity contribution < 1.29 is 64.3 Å². The average molecular weight is 569 g/mol. The number of ketones is 2. The summed E-state index contributed by atoms with van der Waals surface area (Å²) in [5, 5.41) is 71.9. The van der Waals surface area contributed by atoms with Crippen LogP contribution in [0.3, 0.4) is 0 Å². The maximum Gasteiger partial charge on any atom is 0.338 e. The Balaban J connectivity index is 1.88. The van der Waals surface area contributed by atoms with Crippen LogP contribution < -0.4 is 0 Å². The van der Waals surface area contributed by atoms with Gasteiger partial charge in [-0.15, -0.1) is 0 Å². The van der Waals surface area contributed by atoms with Gasteiger partial charge in [0.05, 0.1) is 16.4 Å². The third kappa shape index (κ3) is 5.32. The predicted octanol–water partition coefficient (Wildman–Crippen LogP) is 0.0545. The summed E-state index contributed by atoms with van der Waals surface area (Å²) in [5.41, 5.74) is -5.26. The molecule has 1 saturated heterocycles. The van der Waals surface area contributed by atoms with Crippen molar-refractivity contribution in [2.24, 2.45) is 10.8 Å². The Bertz CT molecular complexity index is 1190. The van der Waals surface area contributed by atoms with Crippen LogP contribution in [0.15, 0.2) is 23.8 Å². The van der Waals surface area contributed by atoms with Crippen LogP contribution >= 0.6 is 0 Å². The van der Waals surface area contributed by atoms with Crippen molar-refractivity contribution in [2.45, 2.75) is 84.0 Å². The van der Waals surface area contributed by atoms with Gasteiger partial charge in [0.2, 0.25) is 0 Å². The van der Waals surface area contributed by atoms with E-state index < -0.39 is 94.6 Å². The van der Waals surface area contributed by atoms with Crippen LogP contribution in [0.25, 0.3) is 0 Å². The van der Waals surface area contributed by atoms with Crippen molar-refractivity contribution >= 4 is 17.5 Å². The highest BCUT2D eigenvalue weighted by atomic mass is 16.7. The summed E-state index contributed by atoms with van der Waals surface area (Å²) in [7, 11) is 0. The zero-order valence-corrected chi connectivity index (χ0v) is 23.0. The van der Waals surface area contributed by atoms with E-state index in [4.69, 9.17) is 14.2 Å². The molecule has 0 bridgehead atoms. The first-order valence-electron chi connectivity index (χ1n) is 12.5. The van der Waals surface area contributed by atoms with Gasteiger partial charge in [0.1, 0.15) is 37.1 Å². The molecule has 0 radical (unpaired) electrons. The summed E-state index contributed by atoms with van der Waals surface area (Å²) in [5.74, 6) is -4.92. The molecule has 0 amide bonds. The number of aromatic hydroxyl groups is 3. The Morgan fingerprint density at radius 3 is 2.02 bits per heavy atom. The monoisotopic (exact) mass is 568 g/mol. The Morgan fingerprint density at radius 1 is 0.950 bits per heavy atom. The van der Waals surface area contributed by atoms with Gasteiger partial charge in [-0.3, -0.25) is 9.59 Å². The molecule has 1 saturated carbocycles. The number of allylic oxidation sites excluding steroid dienone is 1. The van der Waals surface area contributed by atoms with Crippen molar-refractivity contribution in [1.82, 2.24) is 0 Å². The molecule has 3 rings (SSSR count). The van der Waals surface area contributed by atoms with Gasteiger partial charge in [0, 0.05) is 0 Å². The van der Waals surface area contributed by atoms with Gasteiger partial charge in [-0.25, -0.2) is 4.79 Å². The first-order valence-corrected chi connectivity index (χ1v) is 12.5. The normalized spacial score (nSPS) is 33.4. The van der Waals surface area contributed by atoms with Crippen molar-refractivity contribution in [3.63, 3.8) is 0 Å². The van der Waals surface area contributed by atoms with Crippen molar-refractivity contribution in [1.29, 1.82) is 0 Å². The highest BCUT2D eigenvalue weighted by Gasteiger charge is 2.66. The van der Waals surface area contributed by atoms with E-state index in [0.29, 0.717) is 5.57 Å². The van der Waals surface area contributed by atoms with Crippen molar-refractivity contribution in [3.05, 3.63) is 29.3 Å². The Morgan fingerprint density at radius 2 is 1.50 bits per heavy atom. The molecule has 1 aromatic rings. The summed E-state index contributed by atoms with van der Waals surface area (Å²) in [4.78, 5) is 39.2. The molecule has 7 atom stereocenters. The minimum Gasteiger partial charge on any atom is -0.504 e. The molecule has 0 aromatic heterocycles. The van der Waals surface area contributed by atoms with E-state index >= 15 is 0 Å². The molecule has 7 N–H and O–H groups in total. The van der Waals surface area contributed by atoms with Crippen LogP contribution in [0.1, 0.15) is 51.9 Å². The zero-order chi connectivity index (χ0) is 30.5. The molecule has 1 heterocycles. The lowest BCUT2D eigenvalue weighted by atomic mass is 9.56. The fraction of sp³-hybridized carbons (Fsp3) is 0.593. The van der Waals surface area contributed by atoms with E-state index in [1.165, 1.54) is 33.8 Å². The lowest BCUT2D eigenvalue weighted by molar-refractivity contribution is -0.328. The average Bonchev–Trinajstić information content (AvgIpc) is 2.86. The standard InChI is InChI=1S/C27H36O13/c1-11(2)9-27(37)23(36)25(3,4)22(35)26(5,6)24(27)40-21-19(33)18(32)17(31)15(39-21)10-38-20(34)12-7-13(28)16(30)14(29)8-12/h7-9,15,17-19,21,24,28-33,37H,10H2,1-6H3/t15-,17-,18+,19-,21-,24-,27-/m1/s1. The number of phenols is 3. The molecule has 40 heavy (non-hydrogen) atoms. The van der Waals surface area contributed by atoms with Crippen LogP contribution in [-0.2, 0) is 23.8 Å². The van der Waals surface area contributed by atoms with Crippen molar-refractivity contribution in [2.75, 3.05) is 6.61 Å². The Kier molecular flexibility index (Phi) is 8.44. The maximum atomic E-state index is 13.4. The number of ether oxygens (including phenoxy) is 3. The fourth-order valence-electron chi connectivity index (χ4n) is 5.32. The summed E-state index contributed by atoms with van der Waals surface area (Å²) in [6.45, 7) is 8.24. The first-order chi connectivity index (χ1) is 18.3. The lowest BCUT2D eigenvalue weighted by Gasteiger charge is -2.53. The van der Waals surface area contributed by atoms with Crippen molar-refractivity contribution in [3.8, 4) is 17.2 Å². The van der Waals surface area contributed by atoms with E-state index in [2.05, 4.69) is 0 Å². The molecule has 2 aliphatic rings. The number of Topliss-reactive ketones (excluding diaryl/α,β-unsaturated/α-hetero) is 2. The molecule has 0 spiro atoms. The van der Waals surface area contributed by atoms with Gasteiger partial charge < -0.3 is 50.0 Å². The largest absolute Gasteiger partial charge is 0.504 e. The van der Waals surface area contributed by atoms with Gasteiger partial charge in [-0.05, 0) is 45.9 Å². The second-order valence-electron chi connectivity index (χ2n) is 11.5. The Labute approximate surface area is 230 Å². The van der Waals surface area contributed by atoms with Gasteiger partial charge in [-0.1, -0.05) is 19.4 Å². The van der Waals surface area contributed by atoms with E-state index in [9.17, 15) is 50.1 Å². The predicted molar refractivity (Wildman–Crippen MR) is 135 cm³/mol. The molecular weight excluding hydrogens is 532 g/mol. The second-order valence-corrected chi connectivity index (χ2v) is 11.5. The van der Waals surface area contributed by atoms with Crippen LogP contribution in [0.2, 0.25) is 0 Å². The number of esters is 1. The van der Waals surface area contributed by atoms with E-state index in [1.807, 2.05) is 0 Å². The molecule has 1 aromatic carbocycles. The highest BCUT2D eigenvalue weighted by molar-refractivity contribution is 6.15. The number of carbonyl (C=O) groups is 3. The molecule has 222 valence electrons. The number of carbonyl (C=O) groups excluding carboxylic acids is 3. The molecule has 1 aliphatic heterocycles. The minimum absolute atomic E-state index is 0.359. The van der Waals surface area contributed by atoms with E-state index in [0.717, 1.165) is 12.1 Å². The minimum atomic E-state index is -2.34. The fourth-order valence-corrected chi connectivity index (χ4v) is 5.32.